The van der Waals surface area contributed by atoms with Crippen LogP contribution in [0.5, 0.6) is 0 Å². The Kier molecular flexibility index (Phi) is 4.52. The smallest absolute Gasteiger partial charge is 0.413 e. The lowest BCUT2D eigenvalue weighted by Gasteiger charge is -2.21. The van der Waals surface area contributed by atoms with Crippen LogP contribution in [0.4, 0.5) is 9.18 Å². The van der Waals surface area contributed by atoms with Crippen LogP contribution in [0.3, 0.4) is 0 Å². The van der Waals surface area contributed by atoms with Crippen molar-refractivity contribution in [2.45, 2.75) is 45.0 Å². The minimum absolute atomic E-state index is 0.136. The fourth-order valence-electron chi connectivity index (χ4n) is 1.70. The number of carboxylic acid groups (broad SMARTS) is 1. The molecule has 0 aromatic carbocycles. The van der Waals surface area contributed by atoms with Gasteiger partial charge in [-0.05, 0) is 19.3 Å². The lowest BCUT2D eigenvalue weighted by Crippen LogP contribution is -2.41. The van der Waals surface area contributed by atoms with E-state index < -0.39 is 24.5 Å². The topological polar surface area (TPSA) is 66.8 Å². The summed E-state index contributed by atoms with van der Waals surface area (Å²) in [6.45, 7) is 2.09. The zero-order valence-electron chi connectivity index (χ0n) is 9.19. The molecular formula is C10H16FNO4. The normalized spacial score (nSPS) is 21.9. The van der Waals surface area contributed by atoms with Gasteiger partial charge in [-0.1, -0.05) is 6.92 Å². The van der Waals surface area contributed by atoms with Crippen LogP contribution in [0, 0.1) is 0 Å². The van der Waals surface area contributed by atoms with E-state index in [0.717, 1.165) is 4.90 Å². The van der Waals surface area contributed by atoms with Crippen molar-refractivity contribution in [3.8, 4) is 0 Å². The zero-order valence-corrected chi connectivity index (χ0v) is 9.19. The van der Waals surface area contributed by atoms with Gasteiger partial charge in [-0.25, -0.2) is 14.0 Å². The summed E-state index contributed by atoms with van der Waals surface area (Å²) in [7, 11) is 0. The number of hydrogen-bond acceptors (Lipinski definition) is 3. The predicted octanol–water partition coefficient (Wildman–Crippen LogP) is 1.77. The molecule has 1 heterocycles. The molecule has 2 atom stereocenters. The van der Waals surface area contributed by atoms with Gasteiger partial charge in [0.1, 0.15) is 6.04 Å². The van der Waals surface area contributed by atoms with E-state index in [1.54, 1.807) is 6.92 Å². The summed E-state index contributed by atoms with van der Waals surface area (Å²) in [5.74, 6) is -1.07. The van der Waals surface area contributed by atoms with E-state index in [2.05, 4.69) is 4.74 Å². The number of carbonyl (C=O) groups excluding carboxylic acids is 1. The van der Waals surface area contributed by atoms with Crippen molar-refractivity contribution in [3.63, 3.8) is 0 Å². The number of hydrogen-bond donors (Lipinski definition) is 1. The van der Waals surface area contributed by atoms with Crippen LogP contribution < -0.4 is 0 Å². The van der Waals surface area contributed by atoms with E-state index in [-0.39, 0.29) is 6.42 Å². The molecule has 16 heavy (non-hydrogen) atoms. The highest BCUT2D eigenvalue weighted by molar-refractivity contribution is 5.80. The molecule has 0 saturated carbocycles. The largest absolute Gasteiger partial charge is 0.480 e. The van der Waals surface area contributed by atoms with Gasteiger partial charge in [-0.2, -0.15) is 0 Å². The molecule has 1 rings (SSSR count). The van der Waals surface area contributed by atoms with E-state index in [0.29, 0.717) is 25.8 Å². The number of likely N-dealkylation sites (tertiary alicyclic amines) is 1. The fraction of sp³-hybridized carbons (Fsp3) is 0.800. The SMILES string of the molecule is CCCC(F)OC(=O)N1CCCC1C(=O)O. The summed E-state index contributed by atoms with van der Waals surface area (Å²) in [5, 5.41) is 8.83. The highest BCUT2D eigenvalue weighted by atomic mass is 19.1. The van der Waals surface area contributed by atoms with Crippen molar-refractivity contribution >= 4 is 12.1 Å². The van der Waals surface area contributed by atoms with Crippen molar-refractivity contribution in [1.29, 1.82) is 0 Å². The summed E-state index contributed by atoms with van der Waals surface area (Å²) in [6.07, 6.45) is -0.807. The quantitative estimate of drug-likeness (QED) is 0.803. The van der Waals surface area contributed by atoms with E-state index >= 15 is 0 Å². The highest BCUT2D eigenvalue weighted by Gasteiger charge is 2.35. The first-order valence-corrected chi connectivity index (χ1v) is 5.40. The van der Waals surface area contributed by atoms with E-state index in [4.69, 9.17) is 5.11 Å². The number of rotatable bonds is 4. The van der Waals surface area contributed by atoms with E-state index in [1.807, 2.05) is 0 Å². The first kappa shape index (κ1) is 12.7. The summed E-state index contributed by atoms with van der Waals surface area (Å²) >= 11 is 0. The molecule has 0 aromatic rings. The van der Waals surface area contributed by atoms with Crippen LogP contribution in [0.15, 0.2) is 0 Å². The Morgan fingerprint density at radius 3 is 2.88 bits per heavy atom. The Bertz CT molecular complexity index is 272. The molecule has 92 valence electrons. The second-order valence-electron chi connectivity index (χ2n) is 3.77. The Morgan fingerprint density at radius 1 is 1.62 bits per heavy atom. The molecule has 1 aliphatic rings. The molecule has 2 unspecified atom stereocenters. The number of carbonyl (C=O) groups is 2. The monoisotopic (exact) mass is 233 g/mol. The highest BCUT2D eigenvalue weighted by Crippen LogP contribution is 2.19. The van der Waals surface area contributed by atoms with Crippen molar-refractivity contribution in [1.82, 2.24) is 4.90 Å². The van der Waals surface area contributed by atoms with Gasteiger partial charge in [0.15, 0.2) is 0 Å². The molecule has 6 heteroatoms. The summed E-state index contributed by atoms with van der Waals surface area (Å²) in [4.78, 5) is 23.3. The molecule has 1 fully saturated rings. The second kappa shape index (κ2) is 5.67. The maximum atomic E-state index is 13.0. The first-order valence-electron chi connectivity index (χ1n) is 5.40. The van der Waals surface area contributed by atoms with Gasteiger partial charge in [-0.3, -0.25) is 4.90 Å². The van der Waals surface area contributed by atoms with Crippen LogP contribution in [0.25, 0.3) is 0 Å². The number of alkyl halides is 1. The Morgan fingerprint density at radius 2 is 2.31 bits per heavy atom. The molecule has 1 aliphatic heterocycles. The molecule has 0 spiro atoms. The van der Waals surface area contributed by atoms with E-state index in [1.165, 1.54) is 0 Å². The van der Waals surface area contributed by atoms with Crippen LogP contribution >= 0.6 is 0 Å². The maximum absolute atomic E-state index is 13.0. The Labute approximate surface area is 93.2 Å². The summed E-state index contributed by atoms with van der Waals surface area (Å²) in [5.41, 5.74) is 0. The molecule has 0 aromatic heterocycles. The standard InChI is InChI=1S/C10H16FNO4/c1-2-4-8(11)16-10(15)12-6-3-5-7(12)9(13)14/h7-8H,2-6H2,1H3,(H,13,14). The van der Waals surface area contributed by atoms with Gasteiger partial charge in [0.25, 0.3) is 0 Å². The van der Waals surface area contributed by atoms with Gasteiger partial charge < -0.3 is 9.84 Å². The molecule has 0 aliphatic carbocycles. The minimum Gasteiger partial charge on any atom is -0.480 e. The fourth-order valence-corrected chi connectivity index (χ4v) is 1.70. The summed E-state index contributed by atoms with van der Waals surface area (Å²) < 4.78 is 17.5. The first-order chi connectivity index (χ1) is 7.56. The molecule has 0 bridgehead atoms. The lowest BCUT2D eigenvalue weighted by molar-refractivity contribution is -0.142. The average molecular weight is 233 g/mol. The van der Waals surface area contributed by atoms with Crippen molar-refractivity contribution < 1.29 is 23.8 Å². The third-order valence-electron chi connectivity index (χ3n) is 2.52. The molecular weight excluding hydrogens is 217 g/mol. The number of nitrogens with zero attached hydrogens (tertiary/aromatic N) is 1. The van der Waals surface area contributed by atoms with Crippen molar-refractivity contribution in [3.05, 3.63) is 0 Å². The Balaban J connectivity index is 2.49. The van der Waals surface area contributed by atoms with Crippen LogP contribution in [-0.2, 0) is 9.53 Å². The minimum atomic E-state index is -1.65. The van der Waals surface area contributed by atoms with Crippen LogP contribution in [0.2, 0.25) is 0 Å². The lowest BCUT2D eigenvalue weighted by atomic mass is 10.2. The molecule has 5 nitrogen and oxygen atoms in total. The number of aliphatic carboxylic acids is 1. The van der Waals surface area contributed by atoms with Crippen molar-refractivity contribution in [2.24, 2.45) is 0 Å². The number of carboxylic acids is 1. The maximum Gasteiger partial charge on any atom is 0.413 e. The number of amides is 1. The van der Waals surface area contributed by atoms with Gasteiger partial charge >= 0.3 is 12.1 Å². The van der Waals surface area contributed by atoms with Gasteiger partial charge in [-0.15, -0.1) is 0 Å². The van der Waals surface area contributed by atoms with E-state index in [9.17, 15) is 14.0 Å². The molecule has 1 N–H and O–H groups in total. The summed E-state index contributed by atoms with van der Waals surface area (Å²) in [6, 6.07) is -0.874. The third-order valence-corrected chi connectivity index (χ3v) is 2.52. The zero-order chi connectivity index (χ0) is 12.1. The van der Waals surface area contributed by atoms with Gasteiger partial charge in [0, 0.05) is 13.0 Å². The Hall–Kier alpha value is -1.33. The molecule has 1 amide bonds. The third kappa shape index (κ3) is 3.08. The van der Waals surface area contributed by atoms with Crippen LogP contribution in [0.1, 0.15) is 32.6 Å². The van der Waals surface area contributed by atoms with Gasteiger partial charge in [0.05, 0.1) is 0 Å². The number of ether oxygens (including phenoxy) is 1. The number of halogens is 1. The average Bonchev–Trinajstić information content (AvgIpc) is 2.65. The molecule has 1 saturated heterocycles. The predicted molar refractivity (Wildman–Crippen MR) is 53.6 cm³/mol. The van der Waals surface area contributed by atoms with Gasteiger partial charge in [0.2, 0.25) is 6.36 Å². The second-order valence-corrected chi connectivity index (χ2v) is 3.77. The molecule has 0 radical (unpaired) electrons. The van der Waals surface area contributed by atoms with Crippen LogP contribution in [-0.4, -0.2) is 41.0 Å². The van der Waals surface area contributed by atoms with Crippen molar-refractivity contribution in [2.75, 3.05) is 6.54 Å².